The molecule has 0 unspecified atom stereocenters. The van der Waals surface area contributed by atoms with Gasteiger partial charge in [0.15, 0.2) is 0 Å². The van der Waals surface area contributed by atoms with Crippen molar-refractivity contribution in [1.29, 1.82) is 0 Å². The quantitative estimate of drug-likeness (QED) is 0.783. The number of carbonyl (C=O) groups excluding carboxylic acids is 3. The second kappa shape index (κ2) is 9.52. The Labute approximate surface area is 171 Å². The van der Waals surface area contributed by atoms with Gasteiger partial charge in [0.05, 0.1) is 16.4 Å². The molecule has 1 fully saturated rings. The Kier molecular flexibility index (Phi) is 7.60. The summed E-state index contributed by atoms with van der Waals surface area (Å²) in [6.45, 7) is 13.1. The average Bonchev–Trinajstić information content (AvgIpc) is 2.81. The lowest BCUT2D eigenvalue weighted by Gasteiger charge is -2.21. The van der Waals surface area contributed by atoms with Crippen molar-refractivity contribution in [3.63, 3.8) is 0 Å². The number of hydrogen-bond acceptors (Lipinski definition) is 5. The van der Waals surface area contributed by atoms with Gasteiger partial charge < -0.3 is 15.5 Å². The largest absolute Gasteiger partial charge is 0.355 e. The van der Waals surface area contributed by atoms with Gasteiger partial charge >= 0.3 is 0 Å². The molecule has 1 aromatic heterocycles. The van der Waals surface area contributed by atoms with Crippen molar-refractivity contribution >= 4 is 34.1 Å². The van der Waals surface area contributed by atoms with E-state index in [-0.39, 0.29) is 17.7 Å². The molecular weight excluding hydrogens is 376 g/mol. The lowest BCUT2D eigenvalue weighted by molar-refractivity contribution is -0.123. The molecule has 1 saturated heterocycles. The van der Waals surface area contributed by atoms with Crippen LogP contribution in [0.4, 0.5) is 5.00 Å². The van der Waals surface area contributed by atoms with Crippen molar-refractivity contribution in [2.75, 3.05) is 44.6 Å². The summed E-state index contributed by atoms with van der Waals surface area (Å²) in [5, 5.41) is 6.43. The first-order valence-electron chi connectivity index (χ1n) is 9.82. The third kappa shape index (κ3) is 6.04. The highest BCUT2D eigenvalue weighted by Gasteiger charge is 2.26. The molecule has 0 atom stereocenters. The Balaban J connectivity index is 2.00. The van der Waals surface area contributed by atoms with Crippen LogP contribution in [0.15, 0.2) is 6.07 Å². The van der Waals surface area contributed by atoms with Crippen molar-refractivity contribution in [3.8, 4) is 0 Å². The smallest absolute Gasteiger partial charge is 0.264 e. The predicted octanol–water partition coefficient (Wildman–Crippen LogP) is 2.33. The number of likely N-dealkylation sites (N-methyl/N-ethyl adjacent to an activating group) is 1. The number of amides is 3. The number of nitrogens with zero attached hydrogens (tertiary/aromatic N) is 2. The number of anilines is 1. The number of rotatable bonds is 5. The van der Waals surface area contributed by atoms with Gasteiger partial charge in [-0.3, -0.25) is 19.3 Å². The third-order valence-electron chi connectivity index (χ3n) is 4.65. The fourth-order valence-electron chi connectivity index (χ4n) is 2.99. The molecule has 1 aliphatic rings. The molecule has 2 heterocycles. The molecule has 0 radical (unpaired) electrons. The van der Waals surface area contributed by atoms with Crippen molar-refractivity contribution in [2.45, 2.75) is 41.0 Å². The Morgan fingerprint density at radius 3 is 2.50 bits per heavy atom. The van der Waals surface area contributed by atoms with E-state index in [4.69, 9.17) is 0 Å². The van der Waals surface area contributed by atoms with Gasteiger partial charge in [0.1, 0.15) is 0 Å². The Bertz CT molecular complexity index is 724. The van der Waals surface area contributed by atoms with Crippen molar-refractivity contribution in [1.82, 2.24) is 15.1 Å². The number of thiophene rings is 1. The second-order valence-corrected chi connectivity index (χ2v) is 9.25. The van der Waals surface area contributed by atoms with Crippen molar-refractivity contribution in [2.24, 2.45) is 5.41 Å². The molecule has 1 aliphatic heterocycles. The number of nitrogens with one attached hydrogen (secondary N) is 2. The van der Waals surface area contributed by atoms with E-state index in [9.17, 15) is 14.4 Å². The van der Waals surface area contributed by atoms with Crippen LogP contribution in [-0.2, 0) is 9.59 Å². The first kappa shape index (κ1) is 22.4. The Hall–Kier alpha value is -1.93. The summed E-state index contributed by atoms with van der Waals surface area (Å²) in [4.78, 5) is 41.6. The summed E-state index contributed by atoms with van der Waals surface area (Å²) in [5.74, 6) is -0.0438. The molecule has 2 rings (SSSR count). The molecule has 0 aliphatic carbocycles. The van der Waals surface area contributed by atoms with Crippen LogP contribution in [0.5, 0.6) is 0 Å². The summed E-state index contributed by atoms with van der Waals surface area (Å²) >= 11 is 1.33. The van der Waals surface area contributed by atoms with Crippen LogP contribution >= 0.6 is 11.3 Å². The minimum atomic E-state index is -0.486. The van der Waals surface area contributed by atoms with Gasteiger partial charge in [-0.15, -0.1) is 11.3 Å². The molecule has 156 valence electrons. The molecular formula is C20H32N4O3S. The summed E-state index contributed by atoms with van der Waals surface area (Å²) in [6.07, 6.45) is 0.836. The molecule has 1 aromatic rings. The van der Waals surface area contributed by atoms with E-state index in [2.05, 4.69) is 15.5 Å². The zero-order valence-electron chi connectivity index (χ0n) is 17.6. The standard InChI is InChI=1S/C20H32N4O3S/c1-6-21-15(25)13-23-8-7-9-24(11-10-23)18(26)17-14(2)12-16(28-17)22-19(27)20(3,4)5/h12H,6-11,13H2,1-5H3,(H,21,25)(H,22,27). The van der Waals surface area contributed by atoms with Crippen LogP contribution in [0, 0.1) is 12.3 Å². The maximum Gasteiger partial charge on any atom is 0.264 e. The lowest BCUT2D eigenvalue weighted by Crippen LogP contribution is -2.40. The summed E-state index contributed by atoms with van der Waals surface area (Å²) < 4.78 is 0. The average molecular weight is 409 g/mol. The number of hydrogen-bond donors (Lipinski definition) is 2. The zero-order valence-corrected chi connectivity index (χ0v) is 18.4. The van der Waals surface area contributed by atoms with Crippen LogP contribution in [0.1, 0.15) is 49.4 Å². The highest BCUT2D eigenvalue weighted by molar-refractivity contribution is 7.18. The first-order valence-corrected chi connectivity index (χ1v) is 10.6. The van der Waals surface area contributed by atoms with E-state index in [1.807, 2.05) is 45.6 Å². The first-order chi connectivity index (χ1) is 13.1. The highest BCUT2D eigenvalue weighted by atomic mass is 32.1. The molecule has 0 aromatic carbocycles. The molecule has 0 spiro atoms. The monoisotopic (exact) mass is 408 g/mol. The zero-order chi connectivity index (χ0) is 20.9. The molecule has 7 nitrogen and oxygen atoms in total. The van der Waals surface area contributed by atoms with Crippen molar-refractivity contribution < 1.29 is 14.4 Å². The molecule has 3 amide bonds. The van der Waals surface area contributed by atoms with Crippen LogP contribution < -0.4 is 10.6 Å². The van der Waals surface area contributed by atoms with Gasteiger partial charge in [-0.2, -0.15) is 0 Å². The van der Waals surface area contributed by atoms with Gasteiger partial charge in [-0.25, -0.2) is 0 Å². The lowest BCUT2D eigenvalue weighted by atomic mass is 9.96. The van der Waals surface area contributed by atoms with Crippen LogP contribution in [0.25, 0.3) is 0 Å². The molecule has 0 bridgehead atoms. The SMILES string of the molecule is CCNC(=O)CN1CCCN(C(=O)c2sc(NC(=O)C(C)(C)C)cc2C)CC1. The molecule has 28 heavy (non-hydrogen) atoms. The molecule has 8 heteroatoms. The summed E-state index contributed by atoms with van der Waals surface area (Å²) in [7, 11) is 0. The van der Waals surface area contributed by atoms with Crippen LogP contribution in [0.2, 0.25) is 0 Å². The fourth-order valence-corrected chi connectivity index (χ4v) is 4.02. The van der Waals surface area contributed by atoms with E-state index < -0.39 is 5.41 Å². The van der Waals surface area contributed by atoms with Gasteiger partial charge in [-0.05, 0) is 31.9 Å². The predicted molar refractivity (Wildman–Crippen MR) is 113 cm³/mol. The normalized spacial score (nSPS) is 15.8. The fraction of sp³-hybridized carbons (Fsp3) is 0.650. The second-order valence-electron chi connectivity index (χ2n) is 8.20. The van der Waals surface area contributed by atoms with E-state index in [1.54, 1.807) is 0 Å². The minimum absolute atomic E-state index is 0.00128. The van der Waals surface area contributed by atoms with Gasteiger partial charge in [0.2, 0.25) is 11.8 Å². The van der Waals surface area contributed by atoms with Gasteiger partial charge in [-0.1, -0.05) is 20.8 Å². The summed E-state index contributed by atoms with van der Waals surface area (Å²) in [5.41, 5.74) is 0.392. The summed E-state index contributed by atoms with van der Waals surface area (Å²) in [6, 6.07) is 1.86. The van der Waals surface area contributed by atoms with Crippen LogP contribution in [0.3, 0.4) is 0 Å². The van der Waals surface area contributed by atoms with E-state index in [0.29, 0.717) is 42.6 Å². The van der Waals surface area contributed by atoms with Gasteiger partial charge in [0, 0.05) is 38.1 Å². The van der Waals surface area contributed by atoms with Crippen LogP contribution in [-0.4, -0.2) is 66.8 Å². The minimum Gasteiger partial charge on any atom is -0.355 e. The van der Waals surface area contributed by atoms with Crippen molar-refractivity contribution in [3.05, 3.63) is 16.5 Å². The van der Waals surface area contributed by atoms with E-state index in [1.165, 1.54) is 11.3 Å². The van der Waals surface area contributed by atoms with E-state index in [0.717, 1.165) is 18.5 Å². The number of carbonyl (C=O) groups is 3. The topological polar surface area (TPSA) is 81.8 Å². The maximum atomic E-state index is 13.0. The highest BCUT2D eigenvalue weighted by Crippen LogP contribution is 2.29. The Morgan fingerprint density at radius 2 is 1.86 bits per heavy atom. The molecule has 0 saturated carbocycles. The van der Waals surface area contributed by atoms with Gasteiger partial charge in [0.25, 0.3) is 5.91 Å². The maximum absolute atomic E-state index is 13.0. The number of aryl methyl sites for hydroxylation is 1. The molecule has 2 N–H and O–H groups in total. The van der Waals surface area contributed by atoms with E-state index >= 15 is 0 Å². The Morgan fingerprint density at radius 1 is 1.14 bits per heavy atom. The third-order valence-corrected chi connectivity index (χ3v) is 5.79.